The zero-order chi connectivity index (χ0) is 22.0. The Balaban J connectivity index is 0.00000289. The Labute approximate surface area is 200 Å². The summed E-state index contributed by atoms with van der Waals surface area (Å²) in [5.74, 6) is 2.17. The Kier molecular flexibility index (Phi) is 7.46. The predicted molar refractivity (Wildman–Crippen MR) is 117 cm³/mol. The van der Waals surface area contributed by atoms with E-state index in [1.165, 1.54) is 12.1 Å². The number of aromatic nitrogens is 4. The van der Waals surface area contributed by atoms with E-state index in [2.05, 4.69) is 22.3 Å². The summed E-state index contributed by atoms with van der Waals surface area (Å²) in [5.41, 5.74) is 3.69. The van der Waals surface area contributed by atoms with Gasteiger partial charge in [0, 0.05) is 50.4 Å². The van der Waals surface area contributed by atoms with Gasteiger partial charge in [0.15, 0.2) is 5.65 Å². The first-order valence-electron chi connectivity index (χ1n) is 9.80. The second kappa shape index (κ2) is 10.1. The number of rotatable bonds is 7. The number of ether oxygens (including phenoxy) is 2. The molecule has 0 saturated carbocycles. The first kappa shape index (κ1) is 23.7. The number of nitrogens with one attached hydrogen (secondary N) is 1. The van der Waals surface area contributed by atoms with Crippen LogP contribution in [0.5, 0.6) is 11.5 Å². The molecule has 0 aliphatic rings. The van der Waals surface area contributed by atoms with Crippen molar-refractivity contribution < 1.29 is 34.9 Å². The summed E-state index contributed by atoms with van der Waals surface area (Å²) >= 11 is 0. The van der Waals surface area contributed by atoms with Crippen molar-refractivity contribution in [2.24, 2.45) is 0 Å². The summed E-state index contributed by atoms with van der Waals surface area (Å²) in [6.07, 6.45) is 0.447. The Hall–Kier alpha value is -2.99. The van der Waals surface area contributed by atoms with Crippen molar-refractivity contribution in [2.75, 3.05) is 19.5 Å². The normalized spacial score (nSPS) is 10.7. The fourth-order valence-corrected chi connectivity index (χ4v) is 3.40. The van der Waals surface area contributed by atoms with Gasteiger partial charge in [0.2, 0.25) is 5.95 Å². The summed E-state index contributed by atoms with van der Waals surface area (Å²) in [5, 5.41) is 7.84. The van der Waals surface area contributed by atoms with Crippen LogP contribution in [0.1, 0.15) is 17.0 Å². The Morgan fingerprint density at radius 3 is 2.59 bits per heavy atom. The second-order valence-corrected chi connectivity index (χ2v) is 6.96. The fourth-order valence-electron chi connectivity index (χ4n) is 3.40. The van der Waals surface area contributed by atoms with Gasteiger partial charge in [-0.3, -0.25) is 0 Å². The monoisotopic (exact) mass is 518 g/mol. The molecular weight excluding hydrogens is 493 g/mol. The second-order valence-electron chi connectivity index (χ2n) is 6.96. The first-order valence-corrected chi connectivity index (χ1v) is 9.80. The van der Waals surface area contributed by atoms with E-state index in [-0.39, 0.29) is 26.9 Å². The van der Waals surface area contributed by atoms with Crippen molar-refractivity contribution >= 4 is 11.6 Å². The van der Waals surface area contributed by atoms with Crippen LogP contribution in [0.2, 0.25) is 0 Å². The van der Waals surface area contributed by atoms with E-state index in [1.807, 2.05) is 31.2 Å². The van der Waals surface area contributed by atoms with Crippen molar-refractivity contribution in [1.82, 2.24) is 19.6 Å². The number of fused-ring (bicyclic) bond motifs is 1. The smallest absolute Gasteiger partial charge is 0.226 e. The van der Waals surface area contributed by atoms with Gasteiger partial charge in [-0.2, -0.15) is 9.61 Å². The van der Waals surface area contributed by atoms with Gasteiger partial charge in [-0.25, -0.2) is 14.4 Å². The maximum Gasteiger partial charge on any atom is 0.226 e. The molecule has 2 aromatic carbocycles. The molecule has 7 nitrogen and oxygen atoms in total. The van der Waals surface area contributed by atoms with E-state index in [9.17, 15) is 4.39 Å². The van der Waals surface area contributed by atoms with Gasteiger partial charge in [0.05, 0.1) is 19.9 Å². The average Bonchev–Trinajstić information content (AvgIpc) is 3.24. The Morgan fingerprint density at radius 1 is 1.09 bits per heavy atom. The van der Waals surface area contributed by atoms with E-state index in [4.69, 9.17) is 14.5 Å². The Morgan fingerprint density at radius 2 is 1.91 bits per heavy atom. The molecule has 0 radical (unpaired) electrons. The van der Waals surface area contributed by atoms with E-state index in [1.54, 1.807) is 24.8 Å². The molecule has 0 aliphatic carbocycles. The molecule has 4 rings (SSSR count). The number of anilines is 1. The minimum atomic E-state index is -0.323. The maximum atomic E-state index is 13.9. The molecule has 0 unspecified atom stereocenters. The van der Waals surface area contributed by atoms with Crippen molar-refractivity contribution in [2.45, 2.75) is 19.9 Å². The molecule has 2 aromatic heterocycles. The topological polar surface area (TPSA) is 73.6 Å². The minimum Gasteiger partial charge on any atom is -0.497 e. The summed E-state index contributed by atoms with van der Waals surface area (Å²) in [6, 6.07) is 12.0. The summed E-state index contributed by atoms with van der Waals surface area (Å²) in [4.78, 5) is 9.35. The molecule has 0 fully saturated rings. The van der Waals surface area contributed by atoms with Crippen LogP contribution >= 0.6 is 0 Å². The summed E-state index contributed by atoms with van der Waals surface area (Å²) in [6.45, 7) is 6.21. The summed E-state index contributed by atoms with van der Waals surface area (Å²) < 4.78 is 26.3. The third-order valence-electron chi connectivity index (χ3n) is 5.01. The fraction of sp³-hybridized carbons (Fsp3) is 0.217. The van der Waals surface area contributed by atoms with Gasteiger partial charge in [-0.15, -0.1) is 6.42 Å². The Bertz CT molecular complexity index is 1240. The zero-order valence-electron chi connectivity index (χ0n) is 18.1. The molecule has 0 spiro atoms. The van der Waals surface area contributed by atoms with Crippen LogP contribution in [-0.4, -0.2) is 33.8 Å². The molecule has 0 bridgehead atoms. The van der Waals surface area contributed by atoms with E-state index in [0.717, 1.165) is 11.1 Å². The number of aryl methyl sites for hydroxylation is 1. The average molecular weight is 516 g/mol. The molecule has 2 heterocycles. The van der Waals surface area contributed by atoms with Crippen LogP contribution in [0, 0.1) is 19.7 Å². The molecule has 4 aromatic rings. The standard InChI is InChI=1S/C23H23FN5O2.Mo/c1-5-20-26-22-14(2)21(15-7-6-8-17(24)11-15)27-23(29(22)28-20)25-13-16-9-10-18(30-3)12-19(16)31-4;/h6-12H,1,5,13H2,2-4H3,(H,25,27);/q-1;. The number of nitrogens with zero attached hydrogens (tertiary/aromatic N) is 4. The van der Waals surface area contributed by atoms with Crippen LogP contribution in [0.25, 0.3) is 16.9 Å². The van der Waals surface area contributed by atoms with Crippen molar-refractivity contribution in [3.05, 3.63) is 72.2 Å². The number of hydrogen-bond donors (Lipinski definition) is 1. The number of hydrogen-bond acceptors (Lipinski definition) is 6. The molecular formula is C23H23FMoN5O2-. The SMILES string of the molecule is [CH2-]Cc1nc2c(C)c(-c3cccc(F)c3)nc(NCc3ccc(OC)cc3OC)n2n1.[Mo]. The third-order valence-corrected chi connectivity index (χ3v) is 5.01. The molecule has 166 valence electrons. The van der Waals surface area contributed by atoms with Crippen molar-refractivity contribution in [3.8, 4) is 22.8 Å². The van der Waals surface area contributed by atoms with Gasteiger partial charge >= 0.3 is 0 Å². The van der Waals surface area contributed by atoms with Gasteiger partial charge in [-0.05, 0) is 31.2 Å². The van der Waals surface area contributed by atoms with Crippen molar-refractivity contribution in [1.29, 1.82) is 0 Å². The zero-order valence-corrected chi connectivity index (χ0v) is 20.1. The molecule has 9 heteroatoms. The largest absolute Gasteiger partial charge is 0.497 e. The number of methoxy groups -OCH3 is 2. The van der Waals surface area contributed by atoms with Crippen molar-refractivity contribution in [3.63, 3.8) is 0 Å². The van der Waals surface area contributed by atoms with Crippen LogP contribution in [0.3, 0.4) is 0 Å². The van der Waals surface area contributed by atoms with Crippen LogP contribution in [-0.2, 0) is 34.0 Å². The third kappa shape index (κ3) is 4.60. The molecule has 0 amide bonds. The van der Waals surface area contributed by atoms with E-state index >= 15 is 0 Å². The first-order chi connectivity index (χ1) is 15.0. The molecule has 0 aliphatic heterocycles. The van der Waals surface area contributed by atoms with E-state index < -0.39 is 0 Å². The van der Waals surface area contributed by atoms with Crippen LogP contribution in [0.4, 0.5) is 10.3 Å². The number of halogens is 1. The van der Waals surface area contributed by atoms with Gasteiger partial charge < -0.3 is 21.7 Å². The molecule has 0 atom stereocenters. The van der Waals surface area contributed by atoms with E-state index in [0.29, 0.717) is 53.1 Å². The quantitative estimate of drug-likeness (QED) is 0.293. The van der Waals surface area contributed by atoms with Crippen LogP contribution < -0.4 is 14.8 Å². The summed E-state index contributed by atoms with van der Waals surface area (Å²) in [7, 11) is 3.22. The van der Waals surface area contributed by atoms with Crippen LogP contribution in [0.15, 0.2) is 42.5 Å². The molecule has 32 heavy (non-hydrogen) atoms. The predicted octanol–water partition coefficient (Wildman–Crippen LogP) is 4.24. The number of benzene rings is 2. The maximum absolute atomic E-state index is 13.9. The van der Waals surface area contributed by atoms with Gasteiger partial charge in [-0.1, -0.05) is 12.1 Å². The van der Waals surface area contributed by atoms with Gasteiger partial charge in [0.1, 0.15) is 23.1 Å². The van der Waals surface area contributed by atoms with Gasteiger partial charge in [0.25, 0.3) is 0 Å². The molecule has 1 N–H and O–H groups in total. The minimum absolute atomic E-state index is 0. The molecule has 0 saturated heterocycles.